The Bertz CT molecular complexity index is 1230. The SMILES string of the molecule is N#Cc1cc(-c2ccn3nc(NC(=O)C4CC4)cc3c2)c(OC2C[C@H]3CC[C@@H](C2)N3)cn1. The number of ether oxygens (including phenoxy) is 1. The molecule has 32 heavy (non-hydrogen) atoms. The van der Waals surface area contributed by atoms with E-state index in [9.17, 15) is 10.1 Å². The largest absolute Gasteiger partial charge is 0.488 e. The highest BCUT2D eigenvalue weighted by molar-refractivity contribution is 5.93. The molecule has 5 heterocycles. The summed E-state index contributed by atoms with van der Waals surface area (Å²) in [5.41, 5.74) is 2.97. The van der Waals surface area contributed by atoms with Gasteiger partial charge in [-0.2, -0.15) is 10.4 Å². The van der Waals surface area contributed by atoms with Crippen molar-refractivity contribution >= 4 is 17.2 Å². The Labute approximate surface area is 185 Å². The van der Waals surface area contributed by atoms with Crippen LogP contribution in [-0.4, -0.2) is 38.7 Å². The Kier molecular flexibility index (Phi) is 4.58. The molecule has 1 aliphatic carbocycles. The average molecular weight is 428 g/mol. The van der Waals surface area contributed by atoms with Gasteiger partial charge in [0.05, 0.1) is 11.7 Å². The van der Waals surface area contributed by atoms with Crippen LogP contribution in [0.25, 0.3) is 16.6 Å². The molecule has 2 saturated heterocycles. The number of aromatic nitrogens is 3. The zero-order chi connectivity index (χ0) is 21.7. The first-order chi connectivity index (χ1) is 15.6. The van der Waals surface area contributed by atoms with Crippen LogP contribution in [0, 0.1) is 17.2 Å². The van der Waals surface area contributed by atoms with E-state index >= 15 is 0 Å². The minimum absolute atomic E-state index is 0.0352. The van der Waals surface area contributed by atoms with Crippen LogP contribution >= 0.6 is 0 Å². The second-order valence-electron chi connectivity index (χ2n) is 9.10. The van der Waals surface area contributed by atoms with E-state index in [0.29, 0.717) is 29.3 Å². The molecule has 0 radical (unpaired) electrons. The molecule has 2 N–H and O–H groups in total. The number of nitrogens with one attached hydrogen (secondary N) is 2. The molecule has 1 amide bonds. The van der Waals surface area contributed by atoms with E-state index in [0.717, 1.165) is 42.3 Å². The molecule has 3 atom stereocenters. The van der Waals surface area contributed by atoms with Crippen molar-refractivity contribution in [2.24, 2.45) is 5.92 Å². The molecular weight excluding hydrogens is 404 g/mol. The molecule has 0 aromatic carbocycles. The maximum Gasteiger partial charge on any atom is 0.228 e. The van der Waals surface area contributed by atoms with E-state index in [4.69, 9.17) is 4.74 Å². The van der Waals surface area contributed by atoms with Gasteiger partial charge in [-0.05, 0) is 62.3 Å². The summed E-state index contributed by atoms with van der Waals surface area (Å²) in [6.07, 6.45) is 9.97. The summed E-state index contributed by atoms with van der Waals surface area (Å²) in [5, 5.41) is 20.4. The third-order valence-corrected chi connectivity index (χ3v) is 6.68. The molecule has 162 valence electrons. The maximum absolute atomic E-state index is 12.1. The Morgan fingerprint density at radius 2 is 2.00 bits per heavy atom. The number of pyridine rings is 2. The molecule has 0 spiro atoms. The number of hydrogen-bond acceptors (Lipinski definition) is 6. The van der Waals surface area contributed by atoms with Crippen LogP contribution in [0.5, 0.6) is 5.75 Å². The number of hydrogen-bond donors (Lipinski definition) is 2. The van der Waals surface area contributed by atoms with Crippen molar-refractivity contribution in [3.05, 3.63) is 42.4 Å². The summed E-state index contributed by atoms with van der Waals surface area (Å²) in [6.45, 7) is 0. The Morgan fingerprint density at radius 3 is 2.75 bits per heavy atom. The van der Waals surface area contributed by atoms with Crippen LogP contribution in [0.3, 0.4) is 0 Å². The van der Waals surface area contributed by atoms with Crippen LogP contribution in [0.1, 0.15) is 44.2 Å². The fourth-order valence-electron chi connectivity index (χ4n) is 4.90. The van der Waals surface area contributed by atoms with Gasteiger partial charge in [0.25, 0.3) is 0 Å². The predicted molar refractivity (Wildman–Crippen MR) is 118 cm³/mol. The highest BCUT2D eigenvalue weighted by Gasteiger charge is 2.35. The molecule has 3 aliphatic rings. The summed E-state index contributed by atoms with van der Waals surface area (Å²) >= 11 is 0. The number of nitriles is 1. The van der Waals surface area contributed by atoms with E-state index in [1.54, 1.807) is 16.8 Å². The lowest BCUT2D eigenvalue weighted by Crippen LogP contribution is -2.42. The molecule has 1 unspecified atom stereocenters. The third-order valence-electron chi connectivity index (χ3n) is 6.68. The van der Waals surface area contributed by atoms with Gasteiger partial charge in [-0.25, -0.2) is 9.50 Å². The smallest absolute Gasteiger partial charge is 0.228 e. The van der Waals surface area contributed by atoms with E-state index < -0.39 is 0 Å². The van der Waals surface area contributed by atoms with Gasteiger partial charge in [0.2, 0.25) is 5.91 Å². The van der Waals surface area contributed by atoms with Gasteiger partial charge in [-0.3, -0.25) is 4.79 Å². The molecule has 1 saturated carbocycles. The fraction of sp³-hybridized carbons (Fsp3) is 0.417. The van der Waals surface area contributed by atoms with Crippen LogP contribution < -0.4 is 15.4 Å². The van der Waals surface area contributed by atoms with Crippen molar-refractivity contribution in [2.45, 2.75) is 56.7 Å². The van der Waals surface area contributed by atoms with E-state index in [-0.39, 0.29) is 17.9 Å². The summed E-state index contributed by atoms with van der Waals surface area (Å²) in [7, 11) is 0. The molecule has 3 fully saturated rings. The van der Waals surface area contributed by atoms with Gasteiger partial charge in [-0.1, -0.05) is 0 Å². The molecule has 8 heteroatoms. The van der Waals surface area contributed by atoms with Gasteiger partial charge < -0.3 is 15.4 Å². The minimum Gasteiger partial charge on any atom is -0.488 e. The van der Waals surface area contributed by atoms with Crippen molar-refractivity contribution in [3.8, 4) is 22.9 Å². The normalized spacial score (nSPS) is 24.3. The number of fused-ring (bicyclic) bond motifs is 3. The number of nitrogens with zero attached hydrogens (tertiary/aromatic N) is 4. The van der Waals surface area contributed by atoms with Crippen LogP contribution in [-0.2, 0) is 4.79 Å². The number of rotatable bonds is 5. The molecule has 6 rings (SSSR count). The molecule has 8 nitrogen and oxygen atoms in total. The van der Waals surface area contributed by atoms with Crippen molar-refractivity contribution in [2.75, 3.05) is 5.32 Å². The monoisotopic (exact) mass is 428 g/mol. The van der Waals surface area contributed by atoms with E-state index in [2.05, 4.69) is 26.8 Å². The van der Waals surface area contributed by atoms with Crippen LogP contribution in [0.4, 0.5) is 5.82 Å². The first-order valence-electron chi connectivity index (χ1n) is 11.3. The zero-order valence-corrected chi connectivity index (χ0v) is 17.6. The van der Waals surface area contributed by atoms with Crippen LogP contribution in [0.2, 0.25) is 0 Å². The topological polar surface area (TPSA) is 104 Å². The lowest BCUT2D eigenvalue weighted by molar-refractivity contribution is -0.117. The number of piperidine rings is 1. The van der Waals surface area contributed by atoms with Crippen molar-refractivity contribution in [1.82, 2.24) is 19.9 Å². The quantitative estimate of drug-likeness (QED) is 0.646. The minimum atomic E-state index is 0.0352. The Hall–Kier alpha value is -3.44. The maximum atomic E-state index is 12.1. The van der Waals surface area contributed by atoms with E-state index in [1.165, 1.54) is 12.8 Å². The third kappa shape index (κ3) is 3.69. The summed E-state index contributed by atoms with van der Waals surface area (Å²) in [5.74, 6) is 1.41. The van der Waals surface area contributed by atoms with Crippen LogP contribution in [0.15, 0.2) is 36.7 Å². The standard InChI is InChI=1S/C24H24N6O2/c25-12-18-10-21(22(13-26-18)32-20-8-16-3-4-17(9-20)27-16)15-5-6-30-19(7-15)11-23(29-30)28-24(31)14-1-2-14/h5-7,10-11,13-14,16-17,20,27H,1-4,8-9H2,(H,28,29,31)/t16-,17+,20?. The van der Waals surface area contributed by atoms with Gasteiger partial charge in [0.1, 0.15) is 23.6 Å². The van der Waals surface area contributed by atoms with Crippen molar-refractivity contribution in [1.29, 1.82) is 5.26 Å². The zero-order valence-electron chi connectivity index (χ0n) is 17.6. The summed E-state index contributed by atoms with van der Waals surface area (Å²) < 4.78 is 8.17. The fourth-order valence-corrected chi connectivity index (χ4v) is 4.90. The number of anilines is 1. The summed E-state index contributed by atoms with van der Waals surface area (Å²) in [4.78, 5) is 16.3. The number of carbonyl (C=O) groups is 1. The van der Waals surface area contributed by atoms with Gasteiger partial charge in [-0.15, -0.1) is 0 Å². The van der Waals surface area contributed by atoms with Crippen molar-refractivity contribution < 1.29 is 9.53 Å². The average Bonchev–Trinajstić information content (AvgIpc) is 3.50. The second-order valence-corrected chi connectivity index (χ2v) is 9.10. The molecular formula is C24H24N6O2. The first kappa shape index (κ1) is 19.3. The predicted octanol–water partition coefficient (Wildman–Crippen LogP) is 3.28. The summed E-state index contributed by atoms with van der Waals surface area (Å²) in [6, 6.07) is 10.8. The number of amides is 1. The highest BCUT2D eigenvalue weighted by Crippen LogP contribution is 2.35. The number of carbonyl (C=O) groups excluding carboxylic acids is 1. The Balaban J connectivity index is 1.31. The first-order valence-corrected chi connectivity index (χ1v) is 11.3. The molecule has 3 aromatic heterocycles. The van der Waals surface area contributed by atoms with Gasteiger partial charge in [0, 0.05) is 35.8 Å². The molecule has 3 aromatic rings. The molecule has 2 aliphatic heterocycles. The van der Waals surface area contributed by atoms with Gasteiger partial charge >= 0.3 is 0 Å². The highest BCUT2D eigenvalue weighted by atomic mass is 16.5. The lowest BCUT2D eigenvalue weighted by Gasteiger charge is -2.30. The second kappa shape index (κ2) is 7.61. The molecule has 2 bridgehead atoms. The van der Waals surface area contributed by atoms with E-state index in [1.807, 2.05) is 24.4 Å². The lowest BCUT2D eigenvalue weighted by atomic mass is 10.0. The van der Waals surface area contributed by atoms with Crippen molar-refractivity contribution in [3.63, 3.8) is 0 Å². The van der Waals surface area contributed by atoms with Gasteiger partial charge in [0.15, 0.2) is 5.82 Å². The Morgan fingerprint density at radius 1 is 1.19 bits per heavy atom.